The van der Waals surface area contributed by atoms with Crippen LogP contribution in [0, 0.1) is 5.92 Å². The molecule has 2 unspecified atom stereocenters. The molecule has 18 heavy (non-hydrogen) atoms. The van der Waals surface area contributed by atoms with Gasteiger partial charge in [-0.25, -0.2) is 9.86 Å². The van der Waals surface area contributed by atoms with E-state index >= 15 is 0 Å². The summed E-state index contributed by atoms with van der Waals surface area (Å²) in [4.78, 5) is 23.6. The van der Waals surface area contributed by atoms with Gasteiger partial charge in [0.05, 0.1) is 6.04 Å². The molecule has 2 atom stereocenters. The summed E-state index contributed by atoms with van der Waals surface area (Å²) < 4.78 is 5.18. The summed E-state index contributed by atoms with van der Waals surface area (Å²) in [6, 6.07) is -1.93. The maximum Gasteiger partial charge on any atom is 0.332 e. The number of rotatable bonds is 4. The zero-order valence-electron chi connectivity index (χ0n) is 11.9. The van der Waals surface area contributed by atoms with Crippen molar-refractivity contribution in [3.63, 3.8) is 0 Å². The maximum absolute atomic E-state index is 12.0. The zero-order valence-corrected chi connectivity index (χ0v) is 11.9. The minimum Gasteiger partial charge on any atom is -0.458 e. The van der Waals surface area contributed by atoms with Gasteiger partial charge in [-0.1, -0.05) is 13.8 Å². The Morgan fingerprint density at radius 2 is 1.67 bits per heavy atom. The first-order valence-electron chi connectivity index (χ1n) is 5.97. The van der Waals surface area contributed by atoms with Gasteiger partial charge in [-0.3, -0.25) is 10.0 Å². The predicted molar refractivity (Wildman–Crippen MR) is 66.8 cm³/mol. The van der Waals surface area contributed by atoms with Gasteiger partial charge in [-0.05, 0) is 33.6 Å². The molecule has 0 aromatic rings. The van der Waals surface area contributed by atoms with Crippen molar-refractivity contribution in [2.45, 2.75) is 59.2 Å². The largest absolute Gasteiger partial charge is 0.458 e. The number of hydrogen-bond donors (Lipinski definition) is 2. The molecule has 0 bridgehead atoms. The molecule has 6 nitrogen and oxygen atoms in total. The molecule has 0 saturated carbocycles. The van der Waals surface area contributed by atoms with E-state index in [9.17, 15) is 14.8 Å². The van der Waals surface area contributed by atoms with Crippen LogP contribution in [0.2, 0.25) is 0 Å². The van der Waals surface area contributed by atoms with Gasteiger partial charge in [0, 0.05) is 0 Å². The van der Waals surface area contributed by atoms with Crippen molar-refractivity contribution in [3.05, 3.63) is 0 Å². The highest BCUT2D eigenvalue weighted by atomic mass is 16.6. The van der Waals surface area contributed by atoms with E-state index in [0.29, 0.717) is 5.06 Å². The number of hydroxylamine groups is 2. The minimum absolute atomic E-state index is 0.285. The Balaban J connectivity index is 4.98. The van der Waals surface area contributed by atoms with Crippen LogP contribution in [0.1, 0.15) is 41.5 Å². The number of carbonyl (C=O) groups excluding carboxylic acids is 2. The van der Waals surface area contributed by atoms with Crippen LogP contribution in [0.25, 0.3) is 0 Å². The summed E-state index contributed by atoms with van der Waals surface area (Å²) in [6.45, 7) is 10.0. The van der Waals surface area contributed by atoms with Gasteiger partial charge in [0.2, 0.25) is 0 Å². The number of esters is 1. The smallest absolute Gasteiger partial charge is 0.332 e. The second kappa shape index (κ2) is 6.15. The molecule has 0 fully saturated rings. The number of carbonyl (C=O) groups is 2. The Hall–Kier alpha value is -1.14. The first-order valence-corrected chi connectivity index (χ1v) is 5.97. The maximum atomic E-state index is 12.0. The normalized spacial score (nSPS) is 15.2. The monoisotopic (exact) mass is 260 g/mol. The Kier molecular flexibility index (Phi) is 5.76. The number of nitrogens with two attached hydrogens (primary N) is 1. The second-order valence-electron chi connectivity index (χ2n) is 5.69. The molecule has 0 spiro atoms. The standard InChI is InChI=1S/C12H24N2O4/c1-7(2)9(11(16)18-12(4,5)6)14(17)10(15)8(3)13/h7-9,17H,13H2,1-6H3. The molecule has 0 aliphatic rings. The van der Waals surface area contributed by atoms with Crippen molar-refractivity contribution >= 4 is 11.9 Å². The second-order valence-corrected chi connectivity index (χ2v) is 5.69. The van der Waals surface area contributed by atoms with Crippen LogP contribution in [0.5, 0.6) is 0 Å². The quantitative estimate of drug-likeness (QED) is 0.445. The van der Waals surface area contributed by atoms with Gasteiger partial charge in [0.1, 0.15) is 5.60 Å². The molecule has 1 amide bonds. The van der Waals surface area contributed by atoms with E-state index in [1.165, 1.54) is 6.92 Å². The minimum atomic E-state index is -1.05. The molecule has 3 N–H and O–H groups in total. The summed E-state index contributed by atoms with van der Waals surface area (Å²) in [5, 5.41) is 10.2. The predicted octanol–water partition coefficient (Wildman–Crippen LogP) is 0.918. The van der Waals surface area contributed by atoms with E-state index < -0.39 is 29.6 Å². The molecule has 0 aromatic heterocycles. The molecule has 0 rings (SSSR count). The summed E-state index contributed by atoms with van der Waals surface area (Å²) >= 11 is 0. The summed E-state index contributed by atoms with van der Waals surface area (Å²) in [7, 11) is 0. The molecule has 0 aliphatic carbocycles. The van der Waals surface area contributed by atoms with Crippen molar-refractivity contribution < 1.29 is 19.5 Å². The van der Waals surface area contributed by atoms with Gasteiger partial charge >= 0.3 is 5.97 Å². The summed E-state index contributed by atoms with van der Waals surface area (Å²) in [5.74, 6) is -1.64. The van der Waals surface area contributed by atoms with Crippen LogP contribution in [-0.2, 0) is 14.3 Å². The fourth-order valence-corrected chi connectivity index (χ4v) is 1.36. The molecule has 0 heterocycles. The van der Waals surface area contributed by atoms with Crippen LogP contribution in [-0.4, -0.2) is 39.8 Å². The lowest BCUT2D eigenvalue weighted by Crippen LogP contribution is -2.52. The first-order chi connectivity index (χ1) is 7.97. The van der Waals surface area contributed by atoms with Gasteiger partial charge in [0.25, 0.3) is 5.91 Å². The van der Waals surface area contributed by atoms with Crippen molar-refractivity contribution in [3.8, 4) is 0 Å². The Labute approximate surface area is 108 Å². The van der Waals surface area contributed by atoms with E-state index in [1.807, 2.05) is 0 Å². The van der Waals surface area contributed by atoms with Crippen molar-refractivity contribution in [1.29, 1.82) is 0 Å². The van der Waals surface area contributed by atoms with E-state index in [-0.39, 0.29) is 5.92 Å². The van der Waals surface area contributed by atoms with Crippen molar-refractivity contribution in [2.75, 3.05) is 0 Å². The number of nitrogens with zero attached hydrogens (tertiary/aromatic N) is 1. The lowest BCUT2D eigenvalue weighted by Gasteiger charge is -2.31. The third kappa shape index (κ3) is 5.01. The lowest BCUT2D eigenvalue weighted by atomic mass is 10.0. The van der Waals surface area contributed by atoms with Crippen LogP contribution in [0.15, 0.2) is 0 Å². The average Bonchev–Trinajstić information content (AvgIpc) is 2.12. The lowest BCUT2D eigenvalue weighted by molar-refractivity contribution is -0.198. The van der Waals surface area contributed by atoms with E-state index in [2.05, 4.69) is 0 Å². The number of ether oxygens (including phenoxy) is 1. The molecular formula is C12H24N2O4. The summed E-state index contributed by atoms with van der Waals surface area (Å²) in [6.07, 6.45) is 0. The molecule has 0 radical (unpaired) electrons. The van der Waals surface area contributed by atoms with Crippen molar-refractivity contribution in [1.82, 2.24) is 5.06 Å². The van der Waals surface area contributed by atoms with Gasteiger partial charge in [-0.15, -0.1) is 0 Å². The average molecular weight is 260 g/mol. The molecule has 0 aromatic carbocycles. The molecular weight excluding hydrogens is 236 g/mol. The SMILES string of the molecule is CC(N)C(=O)N(O)C(C(=O)OC(C)(C)C)C(C)C. The Morgan fingerprint density at radius 3 is 1.94 bits per heavy atom. The molecule has 106 valence electrons. The fraction of sp³-hybridized carbons (Fsp3) is 0.833. The van der Waals surface area contributed by atoms with Crippen LogP contribution in [0.4, 0.5) is 0 Å². The third-order valence-corrected chi connectivity index (χ3v) is 2.16. The fourth-order valence-electron chi connectivity index (χ4n) is 1.36. The van der Waals surface area contributed by atoms with Gasteiger partial charge < -0.3 is 10.5 Å². The number of hydrogen-bond acceptors (Lipinski definition) is 5. The van der Waals surface area contributed by atoms with Gasteiger partial charge in [-0.2, -0.15) is 0 Å². The summed E-state index contributed by atoms with van der Waals surface area (Å²) in [5.41, 5.74) is 4.72. The van der Waals surface area contributed by atoms with E-state index in [0.717, 1.165) is 0 Å². The first kappa shape index (κ1) is 16.9. The van der Waals surface area contributed by atoms with E-state index in [4.69, 9.17) is 10.5 Å². The zero-order chi connectivity index (χ0) is 14.7. The Morgan fingerprint density at radius 1 is 1.22 bits per heavy atom. The van der Waals surface area contributed by atoms with Crippen LogP contribution in [0.3, 0.4) is 0 Å². The highest BCUT2D eigenvalue weighted by Gasteiger charge is 2.36. The Bertz CT molecular complexity index is 308. The molecule has 0 saturated heterocycles. The highest BCUT2D eigenvalue weighted by Crippen LogP contribution is 2.16. The topological polar surface area (TPSA) is 92.9 Å². The van der Waals surface area contributed by atoms with Gasteiger partial charge in [0.15, 0.2) is 6.04 Å². The highest BCUT2D eigenvalue weighted by molar-refractivity contribution is 5.86. The third-order valence-electron chi connectivity index (χ3n) is 2.16. The van der Waals surface area contributed by atoms with Crippen LogP contribution >= 0.6 is 0 Å². The van der Waals surface area contributed by atoms with Crippen molar-refractivity contribution in [2.24, 2.45) is 11.7 Å². The molecule has 6 heteroatoms. The number of amides is 1. The van der Waals surface area contributed by atoms with E-state index in [1.54, 1.807) is 34.6 Å². The molecule has 0 aliphatic heterocycles. The van der Waals surface area contributed by atoms with Crippen LogP contribution < -0.4 is 5.73 Å².